The van der Waals surface area contributed by atoms with Crippen molar-refractivity contribution in [1.82, 2.24) is 4.98 Å². The van der Waals surface area contributed by atoms with Gasteiger partial charge in [0.05, 0.1) is 11.3 Å². The SMILES string of the molecule is N#C/C(=C(/N)c1cccc(OC(F)F)c1)c1ccncc1. The summed E-state index contributed by atoms with van der Waals surface area (Å²) in [7, 11) is 0. The highest BCUT2D eigenvalue weighted by atomic mass is 19.3. The molecule has 0 saturated carbocycles. The van der Waals surface area contributed by atoms with Crippen LogP contribution in [-0.2, 0) is 0 Å². The molecule has 1 aromatic heterocycles. The normalized spacial score (nSPS) is 11.7. The van der Waals surface area contributed by atoms with E-state index >= 15 is 0 Å². The maximum Gasteiger partial charge on any atom is 0.387 e. The number of ether oxygens (including phenoxy) is 1. The van der Waals surface area contributed by atoms with E-state index in [0.717, 1.165) is 0 Å². The molecule has 2 N–H and O–H groups in total. The summed E-state index contributed by atoms with van der Waals surface area (Å²) in [6.45, 7) is -2.92. The lowest BCUT2D eigenvalue weighted by Gasteiger charge is -2.09. The molecule has 0 aliphatic heterocycles. The van der Waals surface area contributed by atoms with E-state index in [2.05, 4.69) is 9.72 Å². The predicted molar refractivity (Wildman–Crippen MR) is 73.9 cm³/mol. The minimum atomic E-state index is -2.92. The summed E-state index contributed by atoms with van der Waals surface area (Å²) in [5, 5.41) is 9.27. The number of hydrogen-bond acceptors (Lipinski definition) is 4. The largest absolute Gasteiger partial charge is 0.435 e. The number of pyridine rings is 1. The summed E-state index contributed by atoms with van der Waals surface area (Å²) in [4.78, 5) is 3.86. The molecule has 4 nitrogen and oxygen atoms in total. The molecule has 1 heterocycles. The fourth-order valence-corrected chi connectivity index (χ4v) is 1.78. The Hall–Kier alpha value is -2.94. The Bertz CT molecular complexity index is 694. The van der Waals surface area contributed by atoms with Gasteiger partial charge in [-0.2, -0.15) is 14.0 Å². The van der Waals surface area contributed by atoms with Gasteiger partial charge in [0.1, 0.15) is 11.8 Å². The van der Waals surface area contributed by atoms with Crippen LogP contribution in [0.25, 0.3) is 11.3 Å². The molecule has 106 valence electrons. The standard InChI is InChI=1S/C15H11F2N3O/c16-15(17)21-12-3-1-2-11(8-12)14(19)13(9-18)10-4-6-20-7-5-10/h1-8,15H,19H2/b14-13-. The van der Waals surface area contributed by atoms with E-state index in [1.165, 1.54) is 30.6 Å². The Morgan fingerprint density at radius 1 is 1.19 bits per heavy atom. The molecule has 6 heteroatoms. The topological polar surface area (TPSA) is 71.9 Å². The molecule has 21 heavy (non-hydrogen) atoms. The van der Waals surface area contributed by atoms with Gasteiger partial charge in [-0.05, 0) is 29.8 Å². The highest BCUT2D eigenvalue weighted by molar-refractivity contribution is 5.96. The number of benzene rings is 1. The van der Waals surface area contributed by atoms with Gasteiger partial charge >= 0.3 is 6.61 Å². The Morgan fingerprint density at radius 2 is 1.90 bits per heavy atom. The van der Waals surface area contributed by atoms with Gasteiger partial charge in [-0.3, -0.25) is 4.98 Å². The van der Waals surface area contributed by atoms with Crippen LogP contribution in [-0.4, -0.2) is 11.6 Å². The van der Waals surface area contributed by atoms with Gasteiger partial charge in [-0.15, -0.1) is 0 Å². The van der Waals surface area contributed by atoms with Crippen LogP contribution in [0.2, 0.25) is 0 Å². The lowest BCUT2D eigenvalue weighted by Crippen LogP contribution is -2.04. The number of aromatic nitrogens is 1. The van der Waals surface area contributed by atoms with Crippen molar-refractivity contribution in [3.63, 3.8) is 0 Å². The summed E-state index contributed by atoms with van der Waals surface area (Å²) < 4.78 is 28.8. The number of nitriles is 1. The molecule has 1 aromatic carbocycles. The van der Waals surface area contributed by atoms with E-state index in [4.69, 9.17) is 5.73 Å². The van der Waals surface area contributed by atoms with Crippen molar-refractivity contribution < 1.29 is 13.5 Å². The van der Waals surface area contributed by atoms with Crippen molar-refractivity contribution >= 4 is 11.3 Å². The Labute approximate surface area is 120 Å². The van der Waals surface area contributed by atoms with Crippen LogP contribution in [0.15, 0.2) is 48.8 Å². The molecule has 0 fully saturated rings. The molecular weight excluding hydrogens is 276 g/mol. The van der Waals surface area contributed by atoms with E-state index in [1.54, 1.807) is 18.2 Å². The zero-order valence-electron chi connectivity index (χ0n) is 10.8. The molecule has 0 unspecified atom stereocenters. The second-order valence-electron chi connectivity index (χ2n) is 4.04. The van der Waals surface area contributed by atoms with Gasteiger partial charge in [0.2, 0.25) is 0 Å². The molecule has 0 bridgehead atoms. The molecule has 0 atom stereocenters. The monoisotopic (exact) mass is 287 g/mol. The lowest BCUT2D eigenvalue weighted by atomic mass is 10.0. The summed E-state index contributed by atoms with van der Waals surface area (Å²) in [5.41, 5.74) is 7.44. The van der Waals surface area contributed by atoms with Crippen molar-refractivity contribution in [3.05, 3.63) is 59.9 Å². The van der Waals surface area contributed by atoms with E-state index in [9.17, 15) is 14.0 Å². The number of hydrogen-bond donors (Lipinski definition) is 1. The van der Waals surface area contributed by atoms with E-state index in [-0.39, 0.29) is 17.0 Å². The smallest absolute Gasteiger partial charge is 0.387 e. The maximum absolute atomic E-state index is 12.2. The molecule has 2 rings (SSSR count). The van der Waals surface area contributed by atoms with Crippen molar-refractivity contribution in [2.45, 2.75) is 6.61 Å². The molecule has 0 aliphatic carbocycles. The van der Waals surface area contributed by atoms with Gasteiger partial charge in [0, 0.05) is 18.0 Å². The first-order valence-corrected chi connectivity index (χ1v) is 5.97. The second kappa shape index (κ2) is 6.48. The van der Waals surface area contributed by atoms with Gasteiger partial charge in [0.25, 0.3) is 0 Å². The summed E-state index contributed by atoms with van der Waals surface area (Å²) in [5.74, 6) is -0.0162. The third-order valence-electron chi connectivity index (χ3n) is 2.72. The van der Waals surface area contributed by atoms with Crippen LogP contribution < -0.4 is 10.5 Å². The van der Waals surface area contributed by atoms with Crippen LogP contribution in [0.5, 0.6) is 5.75 Å². The van der Waals surface area contributed by atoms with Gasteiger partial charge in [0.15, 0.2) is 0 Å². The lowest BCUT2D eigenvalue weighted by molar-refractivity contribution is -0.0498. The molecule has 0 spiro atoms. The van der Waals surface area contributed by atoms with Crippen molar-refractivity contribution in [2.24, 2.45) is 5.73 Å². The first-order chi connectivity index (χ1) is 10.1. The van der Waals surface area contributed by atoms with Gasteiger partial charge in [-0.1, -0.05) is 12.1 Å². The first kappa shape index (κ1) is 14.5. The molecular formula is C15H11F2N3O. The number of nitrogens with two attached hydrogens (primary N) is 1. The second-order valence-corrected chi connectivity index (χ2v) is 4.04. The summed E-state index contributed by atoms with van der Waals surface area (Å²) in [6, 6.07) is 11.2. The highest BCUT2D eigenvalue weighted by Crippen LogP contribution is 2.25. The zero-order valence-corrected chi connectivity index (χ0v) is 10.8. The molecule has 0 saturated heterocycles. The Morgan fingerprint density at radius 3 is 2.52 bits per heavy atom. The minimum absolute atomic E-state index is 0.0162. The molecule has 0 radical (unpaired) electrons. The van der Waals surface area contributed by atoms with E-state index < -0.39 is 6.61 Å². The fourth-order valence-electron chi connectivity index (χ4n) is 1.78. The Kier molecular flexibility index (Phi) is 4.46. The molecule has 0 aliphatic rings. The highest BCUT2D eigenvalue weighted by Gasteiger charge is 2.10. The third kappa shape index (κ3) is 3.54. The average Bonchev–Trinajstić information content (AvgIpc) is 2.48. The van der Waals surface area contributed by atoms with Crippen LogP contribution in [0.3, 0.4) is 0 Å². The predicted octanol–water partition coefficient (Wildman–Crippen LogP) is 3.03. The van der Waals surface area contributed by atoms with Crippen LogP contribution in [0.1, 0.15) is 11.1 Å². The van der Waals surface area contributed by atoms with Crippen LogP contribution in [0, 0.1) is 11.3 Å². The molecule has 0 amide bonds. The van der Waals surface area contributed by atoms with E-state index in [0.29, 0.717) is 11.1 Å². The van der Waals surface area contributed by atoms with Crippen molar-refractivity contribution in [3.8, 4) is 11.8 Å². The maximum atomic E-state index is 12.2. The summed E-state index contributed by atoms with van der Waals surface area (Å²) >= 11 is 0. The van der Waals surface area contributed by atoms with Gasteiger partial charge < -0.3 is 10.5 Å². The van der Waals surface area contributed by atoms with Gasteiger partial charge in [-0.25, -0.2) is 0 Å². The number of nitrogens with zero attached hydrogens (tertiary/aromatic N) is 2. The Balaban J connectivity index is 2.44. The van der Waals surface area contributed by atoms with Crippen molar-refractivity contribution in [2.75, 3.05) is 0 Å². The minimum Gasteiger partial charge on any atom is -0.435 e. The van der Waals surface area contributed by atoms with E-state index in [1.807, 2.05) is 6.07 Å². The zero-order chi connectivity index (χ0) is 15.2. The fraction of sp³-hybridized carbons (Fsp3) is 0.0667. The summed E-state index contributed by atoms with van der Waals surface area (Å²) in [6.07, 6.45) is 3.08. The average molecular weight is 287 g/mol. The first-order valence-electron chi connectivity index (χ1n) is 5.97. The number of alkyl halides is 2. The number of rotatable bonds is 4. The number of halogens is 2. The van der Waals surface area contributed by atoms with Crippen LogP contribution in [0.4, 0.5) is 8.78 Å². The van der Waals surface area contributed by atoms with Crippen LogP contribution >= 0.6 is 0 Å². The third-order valence-corrected chi connectivity index (χ3v) is 2.72. The number of allylic oxidation sites excluding steroid dienone is 1. The molecule has 2 aromatic rings. The van der Waals surface area contributed by atoms with Crippen molar-refractivity contribution in [1.29, 1.82) is 5.26 Å². The quantitative estimate of drug-likeness (QED) is 0.877.